The molecule has 24 heavy (non-hydrogen) atoms. The van der Waals surface area contributed by atoms with Gasteiger partial charge in [-0.3, -0.25) is 0 Å². The molecule has 0 atom stereocenters. The molecule has 0 aliphatic heterocycles. The van der Waals surface area contributed by atoms with Gasteiger partial charge in [0, 0.05) is 11.7 Å². The minimum atomic E-state index is 0.536. The van der Waals surface area contributed by atoms with Crippen LogP contribution in [0.15, 0.2) is 66.9 Å². The molecular formula is C19H19N5. The number of nitrogens with zero attached hydrogens (tertiary/aromatic N) is 4. The molecule has 1 N–H and O–H groups in total. The van der Waals surface area contributed by atoms with Crippen molar-refractivity contribution >= 4 is 17.5 Å². The molecule has 1 aliphatic carbocycles. The Morgan fingerprint density at radius 2 is 1.67 bits per heavy atom. The van der Waals surface area contributed by atoms with Gasteiger partial charge in [-0.05, 0) is 30.5 Å². The highest BCUT2D eigenvalue weighted by molar-refractivity contribution is 5.58. The summed E-state index contributed by atoms with van der Waals surface area (Å²) in [6.45, 7) is 0.694. The van der Waals surface area contributed by atoms with E-state index in [-0.39, 0.29) is 0 Å². The van der Waals surface area contributed by atoms with Crippen LogP contribution >= 0.6 is 0 Å². The number of benzene rings is 2. The molecule has 1 aromatic heterocycles. The third-order valence-corrected chi connectivity index (χ3v) is 3.97. The Morgan fingerprint density at radius 1 is 0.958 bits per heavy atom. The highest BCUT2D eigenvalue weighted by atomic mass is 15.3. The number of nitrogens with one attached hydrogen (secondary N) is 1. The Balaban J connectivity index is 1.66. The summed E-state index contributed by atoms with van der Waals surface area (Å²) in [5.74, 6) is 1.40. The largest absolute Gasteiger partial charge is 0.366 e. The van der Waals surface area contributed by atoms with Gasteiger partial charge in [-0.2, -0.15) is 10.1 Å². The van der Waals surface area contributed by atoms with Crippen LogP contribution in [0.2, 0.25) is 0 Å². The monoisotopic (exact) mass is 317 g/mol. The predicted octanol–water partition coefficient (Wildman–Crippen LogP) is 3.78. The number of hydrogen-bond acceptors (Lipinski definition) is 5. The molecule has 1 aliphatic rings. The van der Waals surface area contributed by atoms with E-state index in [0.717, 1.165) is 11.5 Å². The third kappa shape index (κ3) is 3.51. The van der Waals surface area contributed by atoms with Crippen LogP contribution < -0.4 is 10.2 Å². The van der Waals surface area contributed by atoms with E-state index in [1.807, 2.05) is 36.4 Å². The second kappa shape index (κ2) is 6.66. The normalized spacial score (nSPS) is 13.5. The van der Waals surface area contributed by atoms with Gasteiger partial charge in [0.25, 0.3) is 5.95 Å². The van der Waals surface area contributed by atoms with Crippen LogP contribution in [0.4, 0.5) is 17.5 Å². The molecule has 2 aromatic carbocycles. The highest BCUT2D eigenvalue weighted by Crippen LogP contribution is 2.27. The number of anilines is 3. The van der Waals surface area contributed by atoms with Crippen molar-refractivity contribution in [1.29, 1.82) is 0 Å². The quantitative estimate of drug-likeness (QED) is 0.750. The first-order chi connectivity index (χ1) is 11.9. The zero-order chi connectivity index (χ0) is 16.2. The maximum Gasteiger partial charge on any atom is 0.252 e. The summed E-state index contributed by atoms with van der Waals surface area (Å²) in [6, 6.07) is 21.0. The molecule has 0 amide bonds. The molecule has 5 nitrogen and oxygen atoms in total. The lowest BCUT2D eigenvalue weighted by atomic mass is 10.2. The number of para-hydroxylation sites is 1. The Labute approximate surface area is 141 Å². The predicted molar refractivity (Wildman–Crippen MR) is 95.2 cm³/mol. The fourth-order valence-electron chi connectivity index (χ4n) is 2.57. The molecule has 0 radical (unpaired) electrons. The lowest BCUT2D eigenvalue weighted by molar-refractivity contribution is 0.860. The van der Waals surface area contributed by atoms with E-state index < -0.39 is 0 Å². The van der Waals surface area contributed by atoms with Gasteiger partial charge in [0.2, 0.25) is 0 Å². The average Bonchev–Trinajstić information content (AvgIpc) is 3.45. The van der Waals surface area contributed by atoms with Crippen molar-refractivity contribution in [2.24, 2.45) is 0 Å². The molecule has 5 heteroatoms. The van der Waals surface area contributed by atoms with Crippen molar-refractivity contribution in [2.75, 3.05) is 10.2 Å². The Hall–Kier alpha value is -2.95. The lowest BCUT2D eigenvalue weighted by Gasteiger charge is -2.22. The first-order valence-corrected chi connectivity index (χ1v) is 8.21. The van der Waals surface area contributed by atoms with Crippen molar-refractivity contribution < 1.29 is 0 Å². The molecule has 0 bridgehead atoms. The molecule has 1 fully saturated rings. The van der Waals surface area contributed by atoms with E-state index >= 15 is 0 Å². The minimum Gasteiger partial charge on any atom is -0.366 e. The van der Waals surface area contributed by atoms with Crippen molar-refractivity contribution in [3.05, 3.63) is 72.4 Å². The van der Waals surface area contributed by atoms with E-state index in [1.165, 1.54) is 18.4 Å². The Kier molecular flexibility index (Phi) is 4.06. The summed E-state index contributed by atoms with van der Waals surface area (Å²) in [7, 11) is 0. The number of aromatic nitrogens is 3. The van der Waals surface area contributed by atoms with Crippen LogP contribution in [-0.2, 0) is 6.54 Å². The standard InChI is InChI=1S/C19H19N5/c1-3-7-15(8-4-1)14-24(17-9-5-2-6-10-17)19-22-18(13-20-23-19)21-16-11-12-16/h1-10,13,16H,11-12,14H2,(H,21,22,23). The second-order valence-electron chi connectivity index (χ2n) is 5.97. The fourth-order valence-corrected chi connectivity index (χ4v) is 2.57. The fraction of sp³-hybridized carbons (Fsp3) is 0.211. The average molecular weight is 317 g/mol. The van der Waals surface area contributed by atoms with Crippen LogP contribution in [0.25, 0.3) is 0 Å². The van der Waals surface area contributed by atoms with Gasteiger partial charge < -0.3 is 10.2 Å². The van der Waals surface area contributed by atoms with E-state index in [1.54, 1.807) is 6.20 Å². The number of rotatable bonds is 6. The van der Waals surface area contributed by atoms with E-state index in [2.05, 4.69) is 49.7 Å². The van der Waals surface area contributed by atoms with Gasteiger partial charge in [-0.25, -0.2) is 0 Å². The van der Waals surface area contributed by atoms with E-state index in [0.29, 0.717) is 18.5 Å². The molecule has 0 saturated heterocycles. The summed E-state index contributed by atoms with van der Waals surface area (Å²) in [5.41, 5.74) is 2.25. The first-order valence-electron chi connectivity index (χ1n) is 8.21. The summed E-state index contributed by atoms with van der Waals surface area (Å²) in [6.07, 6.45) is 4.09. The summed E-state index contributed by atoms with van der Waals surface area (Å²) < 4.78 is 0. The SMILES string of the molecule is c1ccc(CN(c2ccccc2)c2nncc(NC3CC3)n2)cc1. The number of hydrogen-bond donors (Lipinski definition) is 1. The van der Waals surface area contributed by atoms with Gasteiger partial charge in [-0.15, -0.1) is 5.10 Å². The minimum absolute atomic E-state index is 0.536. The second-order valence-corrected chi connectivity index (χ2v) is 5.97. The van der Waals surface area contributed by atoms with Gasteiger partial charge in [-0.1, -0.05) is 48.5 Å². The van der Waals surface area contributed by atoms with Crippen LogP contribution in [0.5, 0.6) is 0 Å². The van der Waals surface area contributed by atoms with Crippen LogP contribution in [-0.4, -0.2) is 21.2 Å². The van der Waals surface area contributed by atoms with Crippen molar-refractivity contribution in [1.82, 2.24) is 15.2 Å². The third-order valence-electron chi connectivity index (χ3n) is 3.97. The van der Waals surface area contributed by atoms with Gasteiger partial charge in [0.05, 0.1) is 12.7 Å². The van der Waals surface area contributed by atoms with Crippen molar-refractivity contribution in [3.63, 3.8) is 0 Å². The first kappa shape index (κ1) is 14.6. The van der Waals surface area contributed by atoms with Crippen molar-refractivity contribution in [3.8, 4) is 0 Å². The van der Waals surface area contributed by atoms with Crippen LogP contribution in [0.3, 0.4) is 0 Å². The molecule has 3 aromatic rings. The molecule has 1 saturated carbocycles. The van der Waals surface area contributed by atoms with E-state index in [9.17, 15) is 0 Å². The summed E-state index contributed by atoms with van der Waals surface area (Å²) in [4.78, 5) is 6.75. The zero-order valence-corrected chi connectivity index (χ0v) is 13.3. The zero-order valence-electron chi connectivity index (χ0n) is 13.3. The van der Waals surface area contributed by atoms with E-state index in [4.69, 9.17) is 0 Å². The lowest BCUT2D eigenvalue weighted by Crippen LogP contribution is -2.20. The molecule has 0 unspecified atom stereocenters. The molecule has 4 rings (SSSR count). The Morgan fingerprint density at radius 3 is 2.38 bits per heavy atom. The van der Waals surface area contributed by atoms with Crippen LogP contribution in [0.1, 0.15) is 18.4 Å². The molecule has 0 spiro atoms. The van der Waals surface area contributed by atoms with Crippen molar-refractivity contribution in [2.45, 2.75) is 25.4 Å². The Bertz CT molecular complexity index is 787. The topological polar surface area (TPSA) is 53.9 Å². The van der Waals surface area contributed by atoms with Crippen LogP contribution in [0, 0.1) is 0 Å². The summed E-state index contributed by atoms with van der Waals surface area (Å²) >= 11 is 0. The van der Waals surface area contributed by atoms with Gasteiger partial charge in [0.1, 0.15) is 0 Å². The smallest absolute Gasteiger partial charge is 0.252 e. The van der Waals surface area contributed by atoms with Gasteiger partial charge >= 0.3 is 0 Å². The summed E-state index contributed by atoms with van der Waals surface area (Å²) in [5, 5.41) is 11.8. The molecular weight excluding hydrogens is 298 g/mol. The maximum absolute atomic E-state index is 4.67. The maximum atomic E-state index is 4.67. The molecule has 1 heterocycles. The highest BCUT2D eigenvalue weighted by Gasteiger charge is 2.22. The van der Waals surface area contributed by atoms with Gasteiger partial charge in [0.15, 0.2) is 5.82 Å². The molecule has 120 valence electrons.